The minimum absolute atomic E-state index is 0.176. The van der Waals surface area contributed by atoms with Crippen LogP contribution in [0.25, 0.3) is 10.9 Å². The summed E-state index contributed by atoms with van der Waals surface area (Å²) in [6, 6.07) is 4.93. The molecule has 0 bridgehead atoms. The number of hydrogen-bond acceptors (Lipinski definition) is 2. The molecule has 1 aromatic heterocycles. The van der Waals surface area contributed by atoms with Crippen LogP contribution in [0.1, 0.15) is 16.1 Å². The maximum absolute atomic E-state index is 10.7. The van der Waals surface area contributed by atoms with E-state index in [0.29, 0.717) is 5.56 Å². The Bertz CT molecular complexity index is 471. The van der Waals surface area contributed by atoms with Gasteiger partial charge in [0.1, 0.15) is 5.75 Å². The van der Waals surface area contributed by atoms with Crippen molar-refractivity contribution in [1.82, 2.24) is 4.98 Å². The van der Waals surface area contributed by atoms with E-state index in [-0.39, 0.29) is 5.75 Å². The van der Waals surface area contributed by atoms with Gasteiger partial charge in [-0.2, -0.15) is 0 Å². The van der Waals surface area contributed by atoms with Gasteiger partial charge in [0.2, 0.25) is 0 Å². The predicted octanol–water partition coefficient (Wildman–Crippen LogP) is 1.99. The van der Waals surface area contributed by atoms with Gasteiger partial charge in [0.05, 0.1) is 0 Å². The molecule has 0 aliphatic carbocycles. The van der Waals surface area contributed by atoms with E-state index in [1.807, 2.05) is 6.92 Å². The number of carbonyl (C=O) groups excluding carboxylic acids is 1. The van der Waals surface area contributed by atoms with Crippen molar-refractivity contribution < 1.29 is 9.90 Å². The van der Waals surface area contributed by atoms with Gasteiger partial charge in [-0.3, -0.25) is 4.79 Å². The summed E-state index contributed by atoms with van der Waals surface area (Å²) in [5, 5.41) is 10.0. The Balaban J connectivity index is 2.88. The number of phenolic OH excluding ortho intramolecular Hbond substituents is 1. The Morgan fingerprint density at radius 3 is 2.92 bits per heavy atom. The van der Waals surface area contributed by atoms with E-state index in [0.717, 1.165) is 22.9 Å². The topological polar surface area (TPSA) is 53.1 Å². The van der Waals surface area contributed by atoms with E-state index in [4.69, 9.17) is 0 Å². The van der Waals surface area contributed by atoms with E-state index in [2.05, 4.69) is 4.98 Å². The van der Waals surface area contributed by atoms with Gasteiger partial charge in [0.25, 0.3) is 0 Å². The lowest BCUT2D eigenvalue weighted by molar-refractivity contribution is 0.112. The molecule has 3 nitrogen and oxygen atoms in total. The maximum Gasteiger partial charge on any atom is 0.152 e. The van der Waals surface area contributed by atoms with Crippen LogP contribution in [0.4, 0.5) is 0 Å². The Morgan fingerprint density at radius 1 is 1.46 bits per heavy atom. The monoisotopic (exact) mass is 175 g/mol. The fraction of sp³-hybridized carbons (Fsp3) is 0.100. The van der Waals surface area contributed by atoms with Crippen molar-refractivity contribution in [2.75, 3.05) is 0 Å². The smallest absolute Gasteiger partial charge is 0.152 e. The fourth-order valence-electron chi connectivity index (χ4n) is 1.49. The lowest BCUT2D eigenvalue weighted by atomic mass is 10.1. The molecule has 0 radical (unpaired) electrons. The van der Waals surface area contributed by atoms with Crippen LogP contribution in [0, 0.1) is 6.92 Å². The van der Waals surface area contributed by atoms with Crippen LogP contribution >= 0.6 is 0 Å². The third kappa shape index (κ3) is 1.09. The summed E-state index contributed by atoms with van der Waals surface area (Å²) in [7, 11) is 0. The molecule has 3 heteroatoms. The number of aromatic hydroxyl groups is 1. The first-order chi connectivity index (χ1) is 6.22. The molecule has 0 aliphatic rings. The number of fused-ring (bicyclic) bond motifs is 1. The first-order valence-electron chi connectivity index (χ1n) is 3.99. The number of nitrogens with one attached hydrogen (secondary N) is 1. The second kappa shape index (κ2) is 2.62. The highest BCUT2D eigenvalue weighted by molar-refractivity contribution is 5.99. The fourth-order valence-corrected chi connectivity index (χ4v) is 1.49. The third-order valence-corrected chi connectivity index (χ3v) is 2.14. The molecule has 2 N–H and O–H groups in total. The quantitative estimate of drug-likeness (QED) is 0.651. The average Bonchev–Trinajstić information content (AvgIpc) is 2.40. The first kappa shape index (κ1) is 7.86. The molecule has 0 aliphatic heterocycles. The van der Waals surface area contributed by atoms with Gasteiger partial charge in [-0.15, -0.1) is 0 Å². The molecule has 1 aromatic carbocycles. The molecule has 0 unspecified atom stereocenters. The van der Waals surface area contributed by atoms with Crippen molar-refractivity contribution in [1.29, 1.82) is 0 Å². The number of rotatable bonds is 1. The molecular weight excluding hydrogens is 166 g/mol. The van der Waals surface area contributed by atoms with Crippen molar-refractivity contribution in [2.24, 2.45) is 0 Å². The molecule has 0 fully saturated rings. The maximum atomic E-state index is 10.7. The Hall–Kier alpha value is -1.77. The zero-order chi connectivity index (χ0) is 9.42. The summed E-state index contributed by atoms with van der Waals surface area (Å²) in [5.74, 6) is 0.176. The summed E-state index contributed by atoms with van der Waals surface area (Å²) in [4.78, 5) is 13.8. The standard InChI is InChI=1S/C10H9NO2/c1-6-9(5-12)8-4-7(13)2-3-10(8)11-6/h2-5,11,13H,1H3. The van der Waals surface area contributed by atoms with Crippen molar-refractivity contribution in [3.63, 3.8) is 0 Å². The second-order valence-electron chi connectivity index (χ2n) is 3.01. The van der Waals surface area contributed by atoms with Crippen molar-refractivity contribution >= 4 is 17.2 Å². The minimum Gasteiger partial charge on any atom is -0.508 e. The summed E-state index contributed by atoms with van der Waals surface area (Å²) in [6.07, 6.45) is 0.799. The van der Waals surface area contributed by atoms with E-state index in [1.54, 1.807) is 18.2 Å². The Morgan fingerprint density at radius 2 is 2.23 bits per heavy atom. The number of H-pyrrole nitrogens is 1. The van der Waals surface area contributed by atoms with Crippen molar-refractivity contribution in [3.8, 4) is 5.75 Å². The molecule has 2 aromatic rings. The first-order valence-corrected chi connectivity index (χ1v) is 3.99. The molecular formula is C10H9NO2. The van der Waals surface area contributed by atoms with Gasteiger partial charge in [0.15, 0.2) is 6.29 Å². The molecule has 0 spiro atoms. The number of aromatic amines is 1. The number of benzene rings is 1. The normalized spacial score (nSPS) is 10.5. The largest absolute Gasteiger partial charge is 0.508 e. The van der Waals surface area contributed by atoms with E-state index >= 15 is 0 Å². The SMILES string of the molecule is Cc1[nH]c2ccc(O)cc2c1C=O. The molecule has 1 heterocycles. The van der Waals surface area contributed by atoms with Crippen molar-refractivity contribution in [3.05, 3.63) is 29.5 Å². The molecule has 0 atom stereocenters. The van der Waals surface area contributed by atoms with Gasteiger partial charge < -0.3 is 10.1 Å². The Labute approximate surface area is 75.0 Å². The number of aromatic nitrogens is 1. The summed E-state index contributed by atoms with van der Waals surface area (Å²) < 4.78 is 0. The molecule has 0 saturated heterocycles. The van der Waals surface area contributed by atoms with E-state index in [9.17, 15) is 9.90 Å². The highest BCUT2D eigenvalue weighted by Crippen LogP contribution is 2.24. The van der Waals surface area contributed by atoms with Crippen LogP contribution in [0.2, 0.25) is 0 Å². The van der Waals surface area contributed by atoms with Crippen LogP contribution in [-0.4, -0.2) is 16.4 Å². The third-order valence-electron chi connectivity index (χ3n) is 2.14. The Kier molecular flexibility index (Phi) is 1.59. The van der Waals surface area contributed by atoms with Crippen molar-refractivity contribution in [2.45, 2.75) is 6.92 Å². The van der Waals surface area contributed by atoms with Gasteiger partial charge >= 0.3 is 0 Å². The van der Waals surface area contributed by atoms with Crippen LogP contribution < -0.4 is 0 Å². The van der Waals surface area contributed by atoms with Gasteiger partial charge in [0, 0.05) is 22.2 Å². The summed E-state index contributed by atoms with van der Waals surface area (Å²) in [5.41, 5.74) is 2.32. The molecule has 66 valence electrons. The van der Waals surface area contributed by atoms with Crippen LogP contribution in [-0.2, 0) is 0 Å². The number of hydrogen-bond donors (Lipinski definition) is 2. The van der Waals surface area contributed by atoms with E-state index < -0.39 is 0 Å². The number of aryl methyl sites for hydroxylation is 1. The van der Waals surface area contributed by atoms with Crippen LogP contribution in [0.3, 0.4) is 0 Å². The summed E-state index contributed by atoms with van der Waals surface area (Å²) >= 11 is 0. The number of phenols is 1. The number of aldehydes is 1. The molecule has 2 rings (SSSR count). The minimum atomic E-state index is 0.176. The van der Waals surface area contributed by atoms with Gasteiger partial charge in [-0.1, -0.05) is 0 Å². The van der Waals surface area contributed by atoms with Crippen LogP contribution in [0.15, 0.2) is 18.2 Å². The molecule has 13 heavy (non-hydrogen) atoms. The lowest BCUT2D eigenvalue weighted by Gasteiger charge is -1.92. The van der Waals surface area contributed by atoms with Crippen LogP contribution in [0.5, 0.6) is 5.75 Å². The summed E-state index contributed by atoms with van der Waals surface area (Å²) in [6.45, 7) is 1.83. The predicted molar refractivity (Wildman–Crippen MR) is 50.1 cm³/mol. The van der Waals surface area contributed by atoms with E-state index in [1.165, 1.54) is 0 Å². The number of carbonyl (C=O) groups is 1. The lowest BCUT2D eigenvalue weighted by Crippen LogP contribution is -1.79. The highest BCUT2D eigenvalue weighted by atomic mass is 16.3. The van der Waals surface area contributed by atoms with Gasteiger partial charge in [-0.25, -0.2) is 0 Å². The second-order valence-corrected chi connectivity index (χ2v) is 3.01. The zero-order valence-corrected chi connectivity index (χ0v) is 7.16. The molecule has 0 saturated carbocycles. The highest BCUT2D eigenvalue weighted by Gasteiger charge is 2.06. The zero-order valence-electron chi connectivity index (χ0n) is 7.16. The average molecular weight is 175 g/mol. The molecule has 0 amide bonds. The van der Waals surface area contributed by atoms with Gasteiger partial charge in [-0.05, 0) is 25.1 Å².